The van der Waals surface area contributed by atoms with Gasteiger partial charge in [0.25, 0.3) is 11.8 Å². The van der Waals surface area contributed by atoms with E-state index in [1.165, 1.54) is 25.3 Å². The third-order valence-electron chi connectivity index (χ3n) is 6.41. The van der Waals surface area contributed by atoms with Gasteiger partial charge in [0.1, 0.15) is 11.5 Å². The molecule has 0 aliphatic carbocycles. The highest BCUT2D eigenvalue weighted by atomic mass is 32.2. The third-order valence-corrected chi connectivity index (χ3v) is 6.86. The predicted octanol–water partition coefficient (Wildman–Crippen LogP) is 3.50. The number of pyridine rings is 1. The number of aromatic nitrogens is 1. The third kappa shape index (κ3) is 8.69. The molecule has 0 saturated carbocycles. The maximum absolute atomic E-state index is 13.4. The topological polar surface area (TPSA) is 191 Å². The Kier molecular flexibility index (Phi) is 10.0. The molecule has 1 atom stereocenters. The average Bonchev–Trinajstić information content (AvgIpc) is 2.91. The van der Waals surface area contributed by atoms with E-state index in [0.29, 0.717) is 16.9 Å². The van der Waals surface area contributed by atoms with E-state index >= 15 is 0 Å². The summed E-state index contributed by atoms with van der Waals surface area (Å²) in [5.74, 6) is -2.50. The maximum atomic E-state index is 13.4. The molecular formula is C30H35N5O7S. The predicted molar refractivity (Wildman–Crippen MR) is 163 cm³/mol. The van der Waals surface area contributed by atoms with Gasteiger partial charge in [0, 0.05) is 35.2 Å². The number of amidine groups is 1. The van der Waals surface area contributed by atoms with Gasteiger partial charge in [0.15, 0.2) is 0 Å². The molecule has 3 rings (SSSR count). The van der Waals surface area contributed by atoms with Crippen LogP contribution in [0.5, 0.6) is 0 Å². The molecule has 13 heteroatoms. The summed E-state index contributed by atoms with van der Waals surface area (Å²) < 4.78 is 33.7. The standard InChI is InChI=1S/C30H35N5O7S/c1-17-7-13-22(25(33-17)28(37)34-20-11-8-18(9-12-20)26(31)32)21-14-10-19(15-23(21)29(38)42-43(6,39)40)27(36)35-24(16-41-5)30(2,3)4/h7-15,24H,16H2,1-6H3,(H3,31,32)(H,34,37)(H,35,36)/t24-/m1/s1. The Hall–Kier alpha value is -4.62. The quantitative estimate of drug-likeness (QED) is 0.151. The average molecular weight is 610 g/mol. The number of hydrogen-bond acceptors (Lipinski definition) is 9. The second-order valence-corrected chi connectivity index (χ2v) is 12.6. The normalized spacial score (nSPS) is 12.2. The number of carbonyl (C=O) groups excluding carboxylic acids is 3. The van der Waals surface area contributed by atoms with E-state index in [9.17, 15) is 22.8 Å². The van der Waals surface area contributed by atoms with Crippen molar-refractivity contribution in [2.75, 3.05) is 25.3 Å². The number of methoxy groups -OCH3 is 1. The molecule has 0 aliphatic heterocycles. The van der Waals surface area contributed by atoms with Crippen molar-refractivity contribution in [1.82, 2.24) is 10.3 Å². The summed E-state index contributed by atoms with van der Waals surface area (Å²) in [4.78, 5) is 44.2. The van der Waals surface area contributed by atoms with Gasteiger partial charge in [-0.2, -0.15) is 8.42 Å². The Labute approximate surface area is 250 Å². The minimum atomic E-state index is -4.22. The van der Waals surface area contributed by atoms with Gasteiger partial charge in [-0.1, -0.05) is 32.9 Å². The summed E-state index contributed by atoms with van der Waals surface area (Å²) in [6.45, 7) is 7.72. The summed E-state index contributed by atoms with van der Waals surface area (Å²) in [6.07, 6.45) is 0.726. The van der Waals surface area contributed by atoms with Crippen molar-refractivity contribution >= 4 is 39.4 Å². The molecule has 12 nitrogen and oxygen atoms in total. The van der Waals surface area contributed by atoms with Crippen LogP contribution in [0.1, 0.15) is 63.2 Å². The zero-order chi connectivity index (χ0) is 32.1. The lowest BCUT2D eigenvalue weighted by molar-refractivity contribution is 0.0748. The molecule has 2 amide bonds. The van der Waals surface area contributed by atoms with Crippen LogP contribution < -0.4 is 16.4 Å². The molecule has 1 heterocycles. The Bertz CT molecular complexity index is 1660. The minimum absolute atomic E-state index is 0.0610. The van der Waals surface area contributed by atoms with E-state index in [1.807, 2.05) is 20.8 Å². The summed E-state index contributed by atoms with van der Waals surface area (Å²) >= 11 is 0. The van der Waals surface area contributed by atoms with Gasteiger partial charge in [0.05, 0.1) is 24.5 Å². The first-order valence-corrected chi connectivity index (χ1v) is 14.9. The SMILES string of the molecule is COC[C@@H](NC(=O)c1ccc(-c2ccc(C)nc2C(=O)Nc2ccc(C(=N)N)cc2)c(C(=O)OS(C)(=O)=O)c1)C(C)(C)C. The van der Waals surface area contributed by atoms with Gasteiger partial charge in [-0.05, 0) is 60.4 Å². The van der Waals surface area contributed by atoms with Crippen LogP contribution >= 0.6 is 0 Å². The second-order valence-electron chi connectivity index (χ2n) is 11.0. The molecule has 0 spiro atoms. The molecule has 43 heavy (non-hydrogen) atoms. The minimum Gasteiger partial charge on any atom is -0.384 e. The molecule has 0 saturated heterocycles. The molecule has 0 unspecified atom stereocenters. The summed E-state index contributed by atoms with van der Waals surface area (Å²) in [5.41, 5.74) is 6.58. The van der Waals surface area contributed by atoms with Crippen LogP contribution in [0, 0.1) is 17.7 Å². The van der Waals surface area contributed by atoms with Gasteiger partial charge in [0.2, 0.25) is 0 Å². The largest absolute Gasteiger partial charge is 0.384 e. The Morgan fingerprint density at radius 2 is 1.58 bits per heavy atom. The number of benzene rings is 2. The van der Waals surface area contributed by atoms with E-state index in [4.69, 9.17) is 15.9 Å². The lowest BCUT2D eigenvalue weighted by Crippen LogP contribution is -2.46. The second kappa shape index (κ2) is 13.1. The molecular weight excluding hydrogens is 574 g/mol. The van der Waals surface area contributed by atoms with E-state index in [1.54, 1.807) is 43.3 Å². The number of rotatable bonds is 10. The Morgan fingerprint density at radius 3 is 2.14 bits per heavy atom. The molecule has 228 valence electrons. The van der Waals surface area contributed by atoms with Crippen LogP contribution in [-0.4, -0.2) is 63.0 Å². The molecule has 2 aromatic carbocycles. The van der Waals surface area contributed by atoms with Crippen molar-refractivity contribution in [2.45, 2.75) is 33.7 Å². The molecule has 3 aromatic rings. The van der Waals surface area contributed by atoms with Crippen LogP contribution in [0.15, 0.2) is 54.6 Å². The van der Waals surface area contributed by atoms with Crippen LogP contribution in [-0.2, 0) is 19.0 Å². The van der Waals surface area contributed by atoms with Crippen molar-refractivity contribution in [1.29, 1.82) is 5.41 Å². The lowest BCUT2D eigenvalue weighted by atomic mass is 9.87. The van der Waals surface area contributed by atoms with Gasteiger partial charge in [-0.15, -0.1) is 0 Å². The molecule has 5 N–H and O–H groups in total. The fourth-order valence-electron chi connectivity index (χ4n) is 4.06. The molecule has 0 bridgehead atoms. The van der Waals surface area contributed by atoms with E-state index in [0.717, 1.165) is 6.26 Å². The molecule has 1 aromatic heterocycles. The number of nitrogens with two attached hydrogens (primary N) is 1. The first-order chi connectivity index (χ1) is 20.0. The molecule has 0 fully saturated rings. The smallest absolute Gasteiger partial charge is 0.354 e. The van der Waals surface area contributed by atoms with Crippen LogP contribution in [0.25, 0.3) is 11.1 Å². The number of anilines is 1. The number of carbonyl (C=O) groups is 3. The number of amides is 2. The highest BCUT2D eigenvalue weighted by Gasteiger charge is 2.28. The monoisotopic (exact) mass is 609 g/mol. The van der Waals surface area contributed by atoms with Gasteiger partial charge in [-0.25, -0.2) is 9.78 Å². The number of aryl methyl sites for hydroxylation is 1. The van der Waals surface area contributed by atoms with Crippen LogP contribution in [0.2, 0.25) is 0 Å². The van der Waals surface area contributed by atoms with Gasteiger partial charge >= 0.3 is 16.1 Å². The van der Waals surface area contributed by atoms with Crippen molar-refractivity contribution < 1.29 is 31.7 Å². The van der Waals surface area contributed by atoms with E-state index in [-0.39, 0.29) is 51.8 Å². The zero-order valence-electron chi connectivity index (χ0n) is 24.8. The summed E-state index contributed by atoms with van der Waals surface area (Å²) in [6, 6.07) is 13.2. The van der Waals surface area contributed by atoms with Crippen LogP contribution in [0.4, 0.5) is 5.69 Å². The number of nitrogens with one attached hydrogen (secondary N) is 3. The Morgan fingerprint density at radius 1 is 0.977 bits per heavy atom. The van der Waals surface area contributed by atoms with Gasteiger partial charge in [-0.3, -0.25) is 15.0 Å². The lowest BCUT2D eigenvalue weighted by Gasteiger charge is -2.31. The number of nitrogen functional groups attached to an aromatic ring is 1. The highest BCUT2D eigenvalue weighted by molar-refractivity contribution is 7.86. The van der Waals surface area contributed by atoms with Gasteiger partial charge < -0.3 is 25.3 Å². The van der Waals surface area contributed by atoms with Crippen molar-refractivity contribution in [3.63, 3.8) is 0 Å². The fourth-order valence-corrected chi connectivity index (χ4v) is 4.42. The first-order valence-electron chi connectivity index (χ1n) is 13.1. The Balaban J connectivity index is 2.10. The van der Waals surface area contributed by atoms with E-state index < -0.39 is 27.9 Å². The molecule has 0 radical (unpaired) electrons. The number of hydrogen-bond donors (Lipinski definition) is 4. The van der Waals surface area contributed by atoms with Crippen LogP contribution in [0.3, 0.4) is 0 Å². The number of ether oxygens (including phenoxy) is 1. The van der Waals surface area contributed by atoms with Crippen molar-refractivity contribution in [3.8, 4) is 11.1 Å². The van der Waals surface area contributed by atoms with E-state index in [2.05, 4.69) is 19.8 Å². The summed E-state index contributed by atoms with van der Waals surface area (Å²) in [7, 11) is -2.70. The summed E-state index contributed by atoms with van der Waals surface area (Å²) in [5, 5.41) is 13.1. The van der Waals surface area contributed by atoms with Crippen molar-refractivity contribution in [2.24, 2.45) is 11.1 Å². The fraction of sp³-hybridized carbons (Fsp3) is 0.300. The molecule has 0 aliphatic rings. The number of nitrogens with zero attached hydrogens (tertiary/aromatic N) is 1. The highest BCUT2D eigenvalue weighted by Crippen LogP contribution is 2.30. The first kappa shape index (κ1) is 32.9. The maximum Gasteiger partial charge on any atom is 0.354 e. The van der Waals surface area contributed by atoms with Crippen molar-refractivity contribution in [3.05, 3.63) is 82.7 Å². The zero-order valence-corrected chi connectivity index (χ0v) is 25.6.